The number of nitro groups is 1. The van der Waals surface area contributed by atoms with Gasteiger partial charge < -0.3 is 5.32 Å². The van der Waals surface area contributed by atoms with Crippen LogP contribution in [0.25, 0.3) is 0 Å². The fourth-order valence-electron chi connectivity index (χ4n) is 1.42. The molecule has 6 nitrogen and oxygen atoms in total. The fourth-order valence-corrected chi connectivity index (χ4v) is 1.42. The van der Waals surface area contributed by atoms with E-state index in [1.54, 1.807) is 6.07 Å². The first kappa shape index (κ1) is 12.0. The molecule has 0 aromatic heterocycles. The van der Waals surface area contributed by atoms with Gasteiger partial charge in [-0.25, -0.2) is 4.39 Å². The van der Waals surface area contributed by atoms with E-state index in [9.17, 15) is 19.3 Å². The molecule has 1 aromatic carbocycles. The zero-order chi connectivity index (χ0) is 13.3. The molecular weight excluding hydrogens is 241 g/mol. The van der Waals surface area contributed by atoms with E-state index in [1.165, 1.54) is 6.07 Å². The molecule has 0 bridgehead atoms. The maximum atomic E-state index is 13.4. The predicted molar refractivity (Wildman–Crippen MR) is 59.5 cm³/mol. The molecular formula is C11H8FN3O3. The highest BCUT2D eigenvalue weighted by Crippen LogP contribution is 2.40. The van der Waals surface area contributed by atoms with E-state index in [1.807, 2.05) is 0 Å². The normalized spacial score (nSPS) is 15.6. The van der Waals surface area contributed by atoms with Gasteiger partial charge in [-0.15, -0.1) is 0 Å². The Morgan fingerprint density at radius 2 is 2.22 bits per heavy atom. The van der Waals surface area contributed by atoms with Gasteiger partial charge in [0.2, 0.25) is 0 Å². The first-order chi connectivity index (χ1) is 8.46. The molecule has 1 N–H and O–H groups in total. The Kier molecular flexibility index (Phi) is 2.71. The zero-order valence-corrected chi connectivity index (χ0v) is 9.14. The lowest BCUT2D eigenvalue weighted by Crippen LogP contribution is -2.25. The van der Waals surface area contributed by atoms with E-state index >= 15 is 0 Å². The van der Waals surface area contributed by atoms with E-state index in [4.69, 9.17) is 5.26 Å². The number of non-ortho nitro benzene ring substituents is 1. The van der Waals surface area contributed by atoms with Crippen LogP contribution in [-0.2, 0) is 4.79 Å². The highest BCUT2D eigenvalue weighted by molar-refractivity contribution is 6.00. The average Bonchev–Trinajstić information content (AvgIpc) is 3.09. The first-order valence-corrected chi connectivity index (χ1v) is 5.15. The molecule has 0 radical (unpaired) electrons. The minimum Gasteiger partial charge on any atom is -0.322 e. The number of amides is 1. The number of benzene rings is 1. The summed E-state index contributed by atoms with van der Waals surface area (Å²) >= 11 is 0. The van der Waals surface area contributed by atoms with Crippen LogP contribution in [-0.4, -0.2) is 16.5 Å². The lowest BCUT2D eigenvalue weighted by molar-refractivity contribution is -0.384. The van der Waals surface area contributed by atoms with Crippen molar-refractivity contribution >= 4 is 17.3 Å². The molecule has 7 heteroatoms. The maximum absolute atomic E-state index is 13.4. The second kappa shape index (κ2) is 4.07. The number of alkyl halides is 1. The number of hydrogen-bond donors (Lipinski definition) is 1. The molecule has 0 aliphatic heterocycles. The van der Waals surface area contributed by atoms with E-state index < -0.39 is 16.5 Å². The van der Waals surface area contributed by atoms with Crippen molar-refractivity contribution in [3.63, 3.8) is 0 Å². The monoisotopic (exact) mass is 249 g/mol. The van der Waals surface area contributed by atoms with Crippen LogP contribution in [0.5, 0.6) is 0 Å². The van der Waals surface area contributed by atoms with Gasteiger partial charge in [0, 0.05) is 12.1 Å². The van der Waals surface area contributed by atoms with Crippen molar-refractivity contribution in [3.8, 4) is 6.07 Å². The van der Waals surface area contributed by atoms with Crippen LogP contribution >= 0.6 is 0 Å². The number of rotatable bonds is 3. The summed E-state index contributed by atoms with van der Waals surface area (Å²) in [5, 5.41) is 21.6. The van der Waals surface area contributed by atoms with Gasteiger partial charge >= 0.3 is 0 Å². The van der Waals surface area contributed by atoms with Crippen molar-refractivity contribution in [2.45, 2.75) is 18.5 Å². The SMILES string of the molecule is N#Cc1cc([N+](=O)[O-])ccc1NC(=O)C1(F)CC1. The third-order valence-corrected chi connectivity index (χ3v) is 2.68. The molecule has 1 saturated carbocycles. The number of nitro benzene ring substituents is 1. The van der Waals surface area contributed by atoms with Gasteiger partial charge in [-0.3, -0.25) is 14.9 Å². The predicted octanol–water partition coefficient (Wildman–Crippen LogP) is 1.91. The number of nitriles is 1. The minimum absolute atomic E-state index is 0.0678. The highest BCUT2D eigenvalue weighted by atomic mass is 19.1. The third-order valence-electron chi connectivity index (χ3n) is 2.68. The second-order valence-corrected chi connectivity index (χ2v) is 4.02. The van der Waals surface area contributed by atoms with Crippen molar-refractivity contribution < 1.29 is 14.1 Å². The van der Waals surface area contributed by atoms with Crippen LogP contribution in [0.15, 0.2) is 18.2 Å². The van der Waals surface area contributed by atoms with Crippen molar-refractivity contribution in [3.05, 3.63) is 33.9 Å². The van der Waals surface area contributed by atoms with Crippen molar-refractivity contribution in [2.24, 2.45) is 0 Å². The summed E-state index contributed by atoms with van der Waals surface area (Å²) in [6.07, 6.45) is 0.321. The van der Waals surface area contributed by atoms with Gasteiger partial charge in [-0.1, -0.05) is 0 Å². The summed E-state index contributed by atoms with van der Waals surface area (Å²) in [7, 11) is 0. The summed E-state index contributed by atoms with van der Waals surface area (Å²) in [6, 6.07) is 5.13. The van der Waals surface area contributed by atoms with Crippen molar-refractivity contribution in [2.75, 3.05) is 5.32 Å². The van der Waals surface area contributed by atoms with Crippen LogP contribution in [0.1, 0.15) is 18.4 Å². The first-order valence-electron chi connectivity index (χ1n) is 5.15. The average molecular weight is 249 g/mol. The second-order valence-electron chi connectivity index (χ2n) is 4.02. The van der Waals surface area contributed by atoms with Crippen LogP contribution in [0, 0.1) is 21.4 Å². The summed E-state index contributed by atoms with van der Waals surface area (Å²) in [4.78, 5) is 21.3. The summed E-state index contributed by atoms with van der Waals surface area (Å²) in [6.45, 7) is 0. The Hall–Kier alpha value is -2.49. The Morgan fingerprint density at radius 1 is 1.56 bits per heavy atom. The fraction of sp³-hybridized carbons (Fsp3) is 0.273. The van der Waals surface area contributed by atoms with Gasteiger partial charge in [-0.2, -0.15) is 5.26 Å². The molecule has 1 aliphatic rings. The standard InChI is InChI=1S/C11H8FN3O3/c12-11(3-4-11)10(16)14-9-2-1-8(15(17)18)5-7(9)6-13/h1-2,5H,3-4H2,(H,14,16). The lowest BCUT2D eigenvalue weighted by Gasteiger charge is -2.08. The molecule has 1 fully saturated rings. The molecule has 0 atom stereocenters. The van der Waals surface area contributed by atoms with Gasteiger partial charge in [0.1, 0.15) is 6.07 Å². The van der Waals surface area contributed by atoms with Gasteiger partial charge in [-0.05, 0) is 18.9 Å². The molecule has 1 amide bonds. The van der Waals surface area contributed by atoms with Crippen molar-refractivity contribution in [1.82, 2.24) is 0 Å². The van der Waals surface area contributed by atoms with E-state index in [-0.39, 0.29) is 29.8 Å². The Bertz CT molecular complexity index is 575. The lowest BCUT2D eigenvalue weighted by atomic mass is 10.1. The van der Waals surface area contributed by atoms with Gasteiger partial charge in [0.25, 0.3) is 11.6 Å². The summed E-state index contributed by atoms with van der Waals surface area (Å²) < 4.78 is 13.4. The number of halogens is 1. The largest absolute Gasteiger partial charge is 0.322 e. The van der Waals surface area contributed by atoms with Crippen molar-refractivity contribution in [1.29, 1.82) is 5.26 Å². The topological polar surface area (TPSA) is 96.0 Å². The number of nitrogens with one attached hydrogen (secondary N) is 1. The molecule has 0 spiro atoms. The Morgan fingerprint density at radius 3 is 2.72 bits per heavy atom. The van der Waals surface area contributed by atoms with E-state index in [0.717, 1.165) is 12.1 Å². The molecule has 92 valence electrons. The Labute approximate surface area is 101 Å². The van der Waals surface area contributed by atoms with Gasteiger partial charge in [0.15, 0.2) is 5.67 Å². The molecule has 0 saturated heterocycles. The molecule has 0 unspecified atom stereocenters. The Balaban J connectivity index is 2.26. The summed E-state index contributed by atoms with van der Waals surface area (Å²) in [5.41, 5.74) is -2.10. The molecule has 18 heavy (non-hydrogen) atoms. The van der Waals surface area contributed by atoms with Crippen LogP contribution in [0.3, 0.4) is 0 Å². The molecule has 0 heterocycles. The van der Waals surface area contributed by atoms with Gasteiger partial charge in [0.05, 0.1) is 16.2 Å². The number of carbonyl (C=O) groups excluding carboxylic acids is 1. The summed E-state index contributed by atoms with van der Waals surface area (Å²) in [5.74, 6) is -0.812. The smallest absolute Gasteiger partial charge is 0.270 e. The number of carbonyl (C=O) groups is 1. The van der Waals surface area contributed by atoms with Crippen LogP contribution in [0.2, 0.25) is 0 Å². The third kappa shape index (κ3) is 2.13. The number of nitrogens with zero attached hydrogens (tertiary/aromatic N) is 2. The molecule has 1 aliphatic carbocycles. The van der Waals surface area contributed by atoms with Crippen LogP contribution in [0.4, 0.5) is 15.8 Å². The maximum Gasteiger partial charge on any atom is 0.270 e. The van der Waals surface area contributed by atoms with E-state index in [2.05, 4.69) is 5.32 Å². The molecule has 1 aromatic rings. The zero-order valence-electron chi connectivity index (χ0n) is 9.14. The van der Waals surface area contributed by atoms with Crippen LogP contribution < -0.4 is 5.32 Å². The quantitative estimate of drug-likeness (QED) is 0.653. The molecule has 2 rings (SSSR count). The highest BCUT2D eigenvalue weighted by Gasteiger charge is 2.51. The number of anilines is 1. The number of hydrogen-bond acceptors (Lipinski definition) is 4. The minimum atomic E-state index is -1.85. The van der Waals surface area contributed by atoms with E-state index in [0.29, 0.717) is 0 Å².